The number of hydrogen-bond acceptors (Lipinski definition) is 3. The molecule has 1 aromatic rings. The van der Waals surface area contributed by atoms with Gasteiger partial charge in [0.1, 0.15) is 12.1 Å². The van der Waals surface area contributed by atoms with Gasteiger partial charge in [0.15, 0.2) is 0 Å². The molecule has 0 aliphatic carbocycles. The first-order valence-corrected chi connectivity index (χ1v) is 7.68. The smallest absolute Gasteiger partial charge is 0.312 e. The van der Waals surface area contributed by atoms with E-state index < -0.39 is 6.04 Å². The highest BCUT2D eigenvalue weighted by Crippen LogP contribution is 2.32. The molecule has 6 nitrogen and oxygen atoms in total. The fourth-order valence-electron chi connectivity index (χ4n) is 3.70. The summed E-state index contributed by atoms with van der Waals surface area (Å²) in [5, 5.41) is 0. The molecule has 0 spiro atoms. The average Bonchev–Trinajstić information content (AvgIpc) is 3.20. The summed E-state index contributed by atoms with van der Waals surface area (Å²) in [6.45, 7) is 1.16. The third-order valence-electron chi connectivity index (χ3n) is 4.78. The number of hydrogen-bond donors (Lipinski definition) is 0. The fraction of sp³-hybridized carbons (Fsp3) is 0.438. The summed E-state index contributed by atoms with van der Waals surface area (Å²) in [4.78, 5) is 42.0. The van der Waals surface area contributed by atoms with Gasteiger partial charge in [0.05, 0.1) is 0 Å². The first-order chi connectivity index (χ1) is 10.7. The number of benzene rings is 1. The van der Waals surface area contributed by atoms with Gasteiger partial charge in [0, 0.05) is 18.8 Å². The van der Waals surface area contributed by atoms with Crippen LogP contribution >= 0.6 is 0 Å². The van der Waals surface area contributed by atoms with Crippen molar-refractivity contribution in [3.8, 4) is 0 Å². The zero-order valence-corrected chi connectivity index (χ0v) is 12.1. The summed E-state index contributed by atoms with van der Waals surface area (Å²) in [6, 6.07) is 8.09. The molecule has 3 aliphatic rings. The highest BCUT2D eigenvalue weighted by Gasteiger charge is 2.53. The van der Waals surface area contributed by atoms with Crippen LogP contribution in [0, 0.1) is 0 Å². The fourth-order valence-corrected chi connectivity index (χ4v) is 3.70. The van der Waals surface area contributed by atoms with Crippen LogP contribution in [0.3, 0.4) is 0 Å². The lowest BCUT2D eigenvalue weighted by atomic mass is 10.1. The Balaban J connectivity index is 1.59. The van der Waals surface area contributed by atoms with E-state index in [0.29, 0.717) is 25.9 Å². The van der Waals surface area contributed by atoms with Crippen molar-refractivity contribution >= 4 is 23.5 Å². The number of fused-ring (bicyclic) bond motifs is 1. The molecule has 1 aromatic carbocycles. The molecule has 114 valence electrons. The molecule has 0 bridgehead atoms. The molecule has 4 rings (SSSR count). The van der Waals surface area contributed by atoms with E-state index in [4.69, 9.17) is 0 Å². The minimum Gasteiger partial charge on any atom is -0.312 e. The van der Waals surface area contributed by atoms with E-state index >= 15 is 0 Å². The minimum atomic E-state index is -0.647. The molecule has 3 saturated heterocycles. The number of anilines is 1. The monoisotopic (exact) mass is 299 g/mol. The molecule has 3 aliphatic heterocycles. The summed E-state index contributed by atoms with van der Waals surface area (Å²) in [5.74, 6) is -0.357. The van der Waals surface area contributed by atoms with Gasteiger partial charge in [-0.25, -0.2) is 9.69 Å². The second-order valence-electron chi connectivity index (χ2n) is 5.97. The van der Waals surface area contributed by atoms with Gasteiger partial charge in [-0.05, 0) is 31.4 Å². The van der Waals surface area contributed by atoms with Gasteiger partial charge >= 0.3 is 6.03 Å². The van der Waals surface area contributed by atoms with Crippen LogP contribution in [0.1, 0.15) is 19.3 Å². The molecule has 4 amide bonds. The Morgan fingerprint density at radius 3 is 2.36 bits per heavy atom. The van der Waals surface area contributed by atoms with Crippen molar-refractivity contribution in [1.82, 2.24) is 9.80 Å². The molecule has 0 radical (unpaired) electrons. The van der Waals surface area contributed by atoms with Crippen LogP contribution in [0.4, 0.5) is 10.5 Å². The van der Waals surface area contributed by atoms with Crippen molar-refractivity contribution in [3.63, 3.8) is 0 Å². The summed E-state index contributed by atoms with van der Waals surface area (Å²) in [6.07, 6.45) is 2.08. The molecule has 0 aromatic heterocycles. The van der Waals surface area contributed by atoms with E-state index in [-0.39, 0.29) is 23.9 Å². The predicted molar refractivity (Wildman–Crippen MR) is 79.2 cm³/mol. The standard InChI is InChI=1S/C16H17N3O3/c20-14-13(8-10-17(14)11-5-2-1-3-6-11)19-15(21)12-7-4-9-18(12)16(19)22/h1-3,5-6,12-13H,4,7-10H2/t12-,13+/m0/s1. The SMILES string of the molecule is O=C1[C@H](N2C(=O)[C@@H]3CCCN3C2=O)CCN1c1ccccc1. The topological polar surface area (TPSA) is 60.9 Å². The zero-order chi connectivity index (χ0) is 15.3. The molecule has 0 N–H and O–H groups in total. The van der Waals surface area contributed by atoms with E-state index in [9.17, 15) is 14.4 Å². The summed E-state index contributed by atoms with van der Waals surface area (Å²) >= 11 is 0. The number of carbonyl (C=O) groups is 3. The van der Waals surface area contributed by atoms with Gasteiger partial charge in [-0.15, -0.1) is 0 Å². The number of nitrogens with zero attached hydrogens (tertiary/aromatic N) is 3. The van der Waals surface area contributed by atoms with Crippen molar-refractivity contribution in [3.05, 3.63) is 30.3 Å². The minimum absolute atomic E-state index is 0.158. The van der Waals surface area contributed by atoms with Crippen molar-refractivity contribution in [2.45, 2.75) is 31.3 Å². The van der Waals surface area contributed by atoms with Gasteiger partial charge in [-0.1, -0.05) is 18.2 Å². The van der Waals surface area contributed by atoms with Gasteiger partial charge in [0.25, 0.3) is 5.91 Å². The maximum Gasteiger partial charge on any atom is 0.328 e. The maximum absolute atomic E-state index is 12.7. The Labute approximate surface area is 128 Å². The largest absolute Gasteiger partial charge is 0.328 e. The third kappa shape index (κ3) is 1.76. The zero-order valence-electron chi connectivity index (χ0n) is 12.1. The van der Waals surface area contributed by atoms with Gasteiger partial charge in [-0.3, -0.25) is 9.59 Å². The molecule has 3 heterocycles. The van der Waals surface area contributed by atoms with E-state index in [1.807, 2.05) is 30.3 Å². The Hall–Kier alpha value is -2.37. The second-order valence-corrected chi connectivity index (χ2v) is 5.97. The van der Waals surface area contributed by atoms with Crippen molar-refractivity contribution in [2.24, 2.45) is 0 Å². The lowest BCUT2D eigenvalue weighted by Crippen LogP contribution is -2.46. The number of carbonyl (C=O) groups excluding carboxylic acids is 3. The Morgan fingerprint density at radius 2 is 1.64 bits per heavy atom. The number of amides is 4. The number of para-hydroxylation sites is 1. The Morgan fingerprint density at radius 1 is 0.864 bits per heavy atom. The number of urea groups is 1. The molecular formula is C16H17N3O3. The second kappa shape index (κ2) is 4.83. The van der Waals surface area contributed by atoms with Crippen LogP contribution in [0.15, 0.2) is 30.3 Å². The maximum atomic E-state index is 12.7. The van der Waals surface area contributed by atoms with Gasteiger partial charge in [-0.2, -0.15) is 0 Å². The summed E-state index contributed by atoms with van der Waals surface area (Å²) in [7, 11) is 0. The normalized spacial score (nSPS) is 28.0. The van der Waals surface area contributed by atoms with Crippen LogP contribution in [0.25, 0.3) is 0 Å². The number of rotatable bonds is 2. The van der Waals surface area contributed by atoms with E-state index in [0.717, 1.165) is 12.1 Å². The first-order valence-electron chi connectivity index (χ1n) is 7.68. The van der Waals surface area contributed by atoms with E-state index in [1.165, 1.54) is 4.90 Å². The van der Waals surface area contributed by atoms with E-state index in [1.54, 1.807) is 9.80 Å². The molecule has 6 heteroatoms. The molecule has 3 fully saturated rings. The number of imide groups is 1. The van der Waals surface area contributed by atoms with Crippen molar-refractivity contribution < 1.29 is 14.4 Å². The van der Waals surface area contributed by atoms with Gasteiger partial charge < -0.3 is 9.80 Å². The molecular weight excluding hydrogens is 282 g/mol. The molecule has 0 saturated carbocycles. The lowest BCUT2D eigenvalue weighted by Gasteiger charge is -2.22. The predicted octanol–water partition coefficient (Wildman–Crippen LogP) is 1.22. The molecule has 22 heavy (non-hydrogen) atoms. The van der Waals surface area contributed by atoms with Crippen LogP contribution in [0.5, 0.6) is 0 Å². The summed E-state index contributed by atoms with van der Waals surface area (Å²) < 4.78 is 0. The highest BCUT2D eigenvalue weighted by atomic mass is 16.2. The lowest BCUT2D eigenvalue weighted by molar-refractivity contribution is -0.133. The summed E-state index contributed by atoms with van der Waals surface area (Å²) in [5.41, 5.74) is 0.814. The van der Waals surface area contributed by atoms with Gasteiger partial charge in [0.2, 0.25) is 5.91 Å². The van der Waals surface area contributed by atoms with E-state index in [2.05, 4.69) is 0 Å². The Kier molecular flexibility index (Phi) is 2.92. The average molecular weight is 299 g/mol. The quantitative estimate of drug-likeness (QED) is 0.771. The van der Waals surface area contributed by atoms with Crippen LogP contribution in [-0.2, 0) is 9.59 Å². The third-order valence-corrected chi connectivity index (χ3v) is 4.78. The van der Waals surface area contributed by atoms with Crippen LogP contribution in [-0.4, -0.2) is 52.8 Å². The molecule has 2 atom stereocenters. The van der Waals surface area contributed by atoms with Crippen LogP contribution in [0.2, 0.25) is 0 Å². The van der Waals surface area contributed by atoms with Crippen molar-refractivity contribution in [2.75, 3.05) is 18.0 Å². The molecule has 0 unspecified atom stereocenters. The first kappa shape index (κ1) is 13.3. The van der Waals surface area contributed by atoms with Crippen LogP contribution < -0.4 is 4.90 Å². The Bertz CT molecular complexity index is 623. The van der Waals surface area contributed by atoms with Crippen molar-refractivity contribution in [1.29, 1.82) is 0 Å². The highest BCUT2D eigenvalue weighted by molar-refractivity contribution is 6.10.